The number of nitrogens with zero attached hydrogens (tertiary/aromatic N) is 1. The largest absolute Gasteiger partial charge is 0 e. The second-order valence-corrected chi connectivity index (χ2v) is 5.54. The van der Waals surface area contributed by atoms with Crippen LogP contribution >= 0.6 is 0 Å². The van der Waals surface area contributed by atoms with Gasteiger partial charge in [-0.25, -0.2) is 0 Å². The van der Waals surface area contributed by atoms with Gasteiger partial charge in [0.05, 0.1) is 19.3 Å². The van der Waals surface area contributed by atoms with Crippen LogP contribution in [-0.2, 0) is 36.1 Å². The fourth-order valence-corrected chi connectivity index (χ4v) is 2.77. The van der Waals surface area contributed by atoms with Gasteiger partial charge in [0.15, 0.2) is 0 Å². The van der Waals surface area contributed by atoms with Gasteiger partial charge in [-0.3, -0.25) is 4.90 Å². The molecular weight excluding hydrogens is 406 g/mol. The van der Waals surface area contributed by atoms with Gasteiger partial charge in [0.2, 0.25) is 0 Å². The first kappa shape index (κ1) is 28.9. The molecule has 0 spiro atoms. The average molecular weight is 427 g/mol. The van der Waals surface area contributed by atoms with E-state index < -0.39 is 0 Å². The Morgan fingerprint density at radius 2 is 1.38 bits per heavy atom. The van der Waals surface area contributed by atoms with Gasteiger partial charge in [0, 0.05) is 36.0 Å². The molecule has 3 rings (SSSR count). The molecule has 1 aliphatic heterocycles. The van der Waals surface area contributed by atoms with Gasteiger partial charge in [-0.15, -0.1) is 0 Å². The molecule has 1 saturated heterocycles. The minimum Gasteiger partial charge on any atom is 0 e. The van der Waals surface area contributed by atoms with Gasteiger partial charge in [-0.05, 0) is 30.2 Å². The summed E-state index contributed by atoms with van der Waals surface area (Å²) < 4.78 is 28.0. The molecule has 2 aromatic rings. The SMILES string of the molecule is Cc1ccccc1[C@H](C#Cc1ccccc1)N1CCOCC1.[C-]#[O+].[C-]#[O+].[C-]#[O+].[Cr]. The zero-order valence-corrected chi connectivity index (χ0v) is 17.4. The van der Waals surface area contributed by atoms with Gasteiger partial charge in [0.25, 0.3) is 0 Å². The Kier molecular flexibility index (Phi) is 18.9. The maximum absolute atomic E-state index is 7.50. The van der Waals surface area contributed by atoms with Crippen LogP contribution in [0.4, 0.5) is 0 Å². The molecule has 0 saturated carbocycles. The average Bonchev–Trinajstić information content (AvgIpc) is 2.80. The predicted octanol–water partition coefficient (Wildman–Crippen LogP) is 3.30. The molecule has 29 heavy (non-hydrogen) atoms. The molecule has 0 unspecified atom stereocenters. The van der Waals surface area contributed by atoms with Crippen molar-refractivity contribution in [2.24, 2.45) is 0 Å². The van der Waals surface area contributed by atoms with E-state index in [0.29, 0.717) is 0 Å². The molecule has 148 valence electrons. The molecule has 0 aromatic heterocycles. The summed E-state index contributed by atoms with van der Waals surface area (Å²) in [4.78, 5) is 2.42. The van der Waals surface area contributed by atoms with Crippen molar-refractivity contribution in [3.05, 3.63) is 91.2 Å². The summed E-state index contributed by atoms with van der Waals surface area (Å²) in [6.45, 7) is 19.1. The number of aryl methyl sites for hydroxylation is 1. The first-order valence-corrected chi connectivity index (χ1v) is 8.40. The van der Waals surface area contributed by atoms with Crippen molar-refractivity contribution in [1.82, 2.24) is 4.90 Å². The summed E-state index contributed by atoms with van der Waals surface area (Å²) >= 11 is 0. The van der Waals surface area contributed by atoms with Gasteiger partial charge in [-0.1, -0.05) is 54.3 Å². The van der Waals surface area contributed by atoms with Crippen molar-refractivity contribution in [3.8, 4) is 11.8 Å². The molecule has 0 N–H and O–H groups in total. The fourth-order valence-electron chi connectivity index (χ4n) is 2.77. The number of rotatable bonds is 2. The summed E-state index contributed by atoms with van der Waals surface area (Å²) in [7, 11) is 0. The molecular formula is C23H21CrNO4. The maximum Gasteiger partial charge on any atom is 0 e. The quantitative estimate of drug-likeness (QED) is 0.419. The Hall–Kier alpha value is -2.33. The minimum absolute atomic E-state index is 0. The number of benzene rings is 2. The van der Waals surface area contributed by atoms with Crippen molar-refractivity contribution in [2.45, 2.75) is 13.0 Å². The van der Waals surface area contributed by atoms with Gasteiger partial charge < -0.3 is 4.74 Å². The second-order valence-electron chi connectivity index (χ2n) is 5.54. The Balaban J connectivity index is 0. The van der Waals surface area contributed by atoms with Crippen molar-refractivity contribution in [3.63, 3.8) is 0 Å². The van der Waals surface area contributed by atoms with Crippen molar-refractivity contribution in [1.29, 1.82) is 0 Å². The zero-order valence-electron chi connectivity index (χ0n) is 16.1. The molecule has 1 heterocycles. The monoisotopic (exact) mass is 427 g/mol. The summed E-state index contributed by atoms with van der Waals surface area (Å²) in [5, 5.41) is 0. The molecule has 0 bridgehead atoms. The van der Waals surface area contributed by atoms with E-state index in [2.05, 4.69) is 80.0 Å². The maximum atomic E-state index is 7.50. The van der Waals surface area contributed by atoms with E-state index in [1.54, 1.807) is 0 Å². The van der Waals surface area contributed by atoms with Gasteiger partial charge in [0.1, 0.15) is 0 Å². The Bertz CT molecular complexity index is 786. The molecule has 1 aliphatic rings. The van der Waals surface area contributed by atoms with Crippen molar-refractivity contribution >= 4 is 0 Å². The van der Waals surface area contributed by atoms with Crippen molar-refractivity contribution < 1.29 is 36.1 Å². The van der Waals surface area contributed by atoms with Gasteiger partial charge in [-0.2, -0.15) is 0 Å². The Labute approximate surface area is 183 Å². The van der Waals surface area contributed by atoms with Crippen LogP contribution in [0.15, 0.2) is 54.6 Å². The van der Waals surface area contributed by atoms with Crippen LogP contribution in [0, 0.1) is 38.7 Å². The third-order valence-electron chi connectivity index (χ3n) is 4.02. The van der Waals surface area contributed by atoms with Crippen LogP contribution < -0.4 is 0 Å². The normalized spacial score (nSPS) is 12.8. The molecule has 6 heteroatoms. The van der Waals surface area contributed by atoms with E-state index in [1.165, 1.54) is 11.1 Å². The Morgan fingerprint density at radius 3 is 1.93 bits per heavy atom. The van der Waals surface area contributed by atoms with E-state index in [-0.39, 0.29) is 23.4 Å². The molecule has 1 fully saturated rings. The summed E-state index contributed by atoms with van der Waals surface area (Å²) in [5.74, 6) is 6.82. The van der Waals surface area contributed by atoms with E-state index >= 15 is 0 Å². The topological polar surface area (TPSA) is 72.2 Å². The van der Waals surface area contributed by atoms with Crippen LogP contribution in [0.1, 0.15) is 22.7 Å². The van der Waals surface area contributed by atoms with Crippen LogP contribution in [0.5, 0.6) is 0 Å². The third-order valence-corrected chi connectivity index (χ3v) is 4.02. The smallest absolute Gasteiger partial charge is 0 e. The zero-order chi connectivity index (χ0) is 21.2. The number of morpholine rings is 1. The van der Waals surface area contributed by atoms with E-state index in [0.717, 1.165) is 31.9 Å². The summed E-state index contributed by atoms with van der Waals surface area (Å²) in [5.41, 5.74) is 3.66. The van der Waals surface area contributed by atoms with Crippen LogP contribution in [-0.4, -0.2) is 31.2 Å². The number of hydrogen-bond acceptors (Lipinski definition) is 2. The van der Waals surface area contributed by atoms with E-state index in [9.17, 15) is 0 Å². The van der Waals surface area contributed by atoms with Gasteiger partial charge >= 0.3 is 33.9 Å². The molecule has 2 aromatic carbocycles. The standard InChI is InChI=1S/C20H21NO.3CO.Cr/c1-17-7-5-6-10-19(17)20(21-13-15-22-16-14-21)12-11-18-8-3-2-4-9-18;3*1-2;/h2-10,20H,13-16H2,1H3;;;;/t20-;;;;/m0..../s1. The minimum atomic E-state index is 0. The van der Waals surface area contributed by atoms with E-state index in [4.69, 9.17) is 18.7 Å². The third kappa shape index (κ3) is 10.1. The molecule has 5 nitrogen and oxygen atoms in total. The molecule has 0 aliphatic carbocycles. The van der Waals surface area contributed by atoms with Crippen LogP contribution in [0.25, 0.3) is 0 Å². The predicted molar refractivity (Wildman–Crippen MR) is 101 cm³/mol. The fraction of sp³-hybridized carbons (Fsp3) is 0.261. The Morgan fingerprint density at radius 1 is 0.862 bits per heavy atom. The first-order chi connectivity index (χ1) is 13.8. The van der Waals surface area contributed by atoms with E-state index in [1.807, 2.05) is 18.2 Å². The summed E-state index contributed by atoms with van der Waals surface area (Å²) in [6.07, 6.45) is 0. The second kappa shape index (κ2) is 19.0. The van der Waals surface area contributed by atoms with Crippen LogP contribution in [0.3, 0.4) is 0 Å². The summed E-state index contributed by atoms with van der Waals surface area (Å²) in [6, 6.07) is 18.9. The molecule has 1 atom stereocenters. The molecule has 0 radical (unpaired) electrons. The number of hydrogen-bond donors (Lipinski definition) is 0. The van der Waals surface area contributed by atoms with Crippen LogP contribution in [0.2, 0.25) is 0 Å². The van der Waals surface area contributed by atoms with Crippen molar-refractivity contribution in [2.75, 3.05) is 26.3 Å². The number of ether oxygens (including phenoxy) is 1. The molecule has 0 amide bonds. The first-order valence-electron chi connectivity index (χ1n) is 8.40.